The molecular weight excluding hydrogens is 189 g/mol. The van der Waals surface area contributed by atoms with Crippen LogP contribution in [0.1, 0.15) is 20.8 Å². The van der Waals surface area contributed by atoms with Gasteiger partial charge in [-0.2, -0.15) is 0 Å². The van der Waals surface area contributed by atoms with Crippen LogP contribution in [0.5, 0.6) is 0 Å². The minimum absolute atomic E-state index is 0.140. The van der Waals surface area contributed by atoms with Gasteiger partial charge in [-0.05, 0) is 5.41 Å². The molecule has 3 atom stereocenters. The molecule has 0 spiro atoms. The maximum Gasteiger partial charge on any atom is 0.407 e. The molecule has 0 aromatic carbocycles. The van der Waals surface area contributed by atoms with Gasteiger partial charge in [-0.3, -0.25) is 4.90 Å². The first-order valence-corrected chi connectivity index (χ1v) is 4.57. The van der Waals surface area contributed by atoms with Crippen molar-refractivity contribution in [2.24, 2.45) is 5.41 Å². The molecule has 0 aliphatic carbocycles. The number of hydrogen-bond acceptors (Lipinski definition) is 2. The van der Waals surface area contributed by atoms with E-state index in [4.69, 9.17) is 5.11 Å². The summed E-state index contributed by atoms with van der Waals surface area (Å²) in [6.45, 7) is 5.15. The Labute approximate surface area is 82.3 Å². The first-order valence-electron chi connectivity index (χ1n) is 4.57. The predicted molar refractivity (Wildman–Crippen MR) is 48.9 cm³/mol. The van der Waals surface area contributed by atoms with E-state index in [1.807, 2.05) is 0 Å². The SMILES string of the molecule is CC(C)(C)C1[C@H](F)[C@H](O)CN1C(=O)O. The lowest BCUT2D eigenvalue weighted by molar-refractivity contribution is 0.0629. The summed E-state index contributed by atoms with van der Waals surface area (Å²) >= 11 is 0. The fourth-order valence-corrected chi connectivity index (χ4v) is 1.94. The number of carboxylic acid groups (broad SMARTS) is 1. The van der Waals surface area contributed by atoms with Gasteiger partial charge in [-0.25, -0.2) is 9.18 Å². The summed E-state index contributed by atoms with van der Waals surface area (Å²) < 4.78 is 13.5. The Kier molecular flexibility index (Phi) is 2.71. The molecule has 0 aromatic rings. The van der Waals surface area contributed by atoms with Crippen LogP contribution in [-0.2, 0) is 0 Å². The fraction of sp³-hybridized carbons (Fsp3) is 0.889. The third-order valence-electron chi connectivity index (χ3n) is 2.52. The normalized spacial score (nSPS) is 33.5. The van der Waals surface area contributed by atoms with Crippen LogP contribution >= 0.6 is 0 Å². The van der Waals surface area contributed by atoms with Crippen molar-refractivity contribution < 1.29 is 19.4 Å². The van der Waals surface area contributed by atoms with Crippen LogP contribution in [-0.4, -0.2) is 46.1 Å². The van der Waals surface area contributed by atoms with Crippen molar-refractivity contribution in [3.05, 3.63) is 0 Å². The van der Waals surface area contributed by atoms with Crippen molar-refractivity contribution in [3.63, 3.8) is 0 Å². The second-order valence-electron chi connectivity index (χ2n) is 4.76. The summed E-state index contributed by atoms with van der Waals surface area (Å²) in [6.07, 6.45) is -3.87. The Hall–Kier alpha value is -0.840. The maximum atomic E-state index is 13.5. The average molecular weight is 205 g/mol. The molecule has 1 heterocycles. The van der Waals surface area contributed by atoms with Crippen LogP contribution in [0.15, 0.2) is 0 Å². The maximum absolute atomic E-state index is 13.5. The van der Waals surface area contributed by atoms with E-state index in [-0.39, 0.29) is 6.54 Å². The van der Waals surface area contributed by atoms with Crippen molar-refractivity contribution >= 4 is 6.09 Å². The topological polar surface area (TPSA) is 60.8 Å². The highest BCUT2D eigenvalue weighted by molar-refractivity contribution is 5.66. The van der Waals surface area contributed by atoms with E-state index in [9.17, 15) is 14.3 Å². The molecule has 0 radical (unpaired) electrons. The zero-order valence-corrected chi connectivity index (χ0v) is 8.57. The van der Waals surface area contributed by atoms with Crippen molar-refractivity contribution in [1.82, 2.24) is 4.90 Å². The zero-order chi connectivity index (χ0) is 11.1. The number of rotatable bonds is 0. The summed E-state index contributed by atoms with van der Waals surface area (Å²) in [4.78, 5) is 11.8. The number of alkyl halides is 1. The predicted octanol–water partition coefficient (Wildman–Crippen LogP) is 1.09. The molecule has 0 aromatic heterocycles. The summed E-state index contributed by atoms with van der Waals surface area (Å²) in [7, 11) is 0. The van der Waals surface area contributed by atoms with E-state index >= 15 is 0 Å². The number of carbonyl (C=O) groups is 1. The van der Waals surface area contributed by atoms with E-state index in [0.29, 0.717) is 0 Å². The van der Waals surface area contributed by atoms with Crippen molar-refractivity contribution in [2.75, 3.05) is 6.54 Å². The third-order valence-corrected chi connectivity index (χ3v) is 2.52. The molecule has 5 heteroatoms. The summed E-state index contributed by atoms with van der Waals surface area (Å²) in [5.74, 6) is 0. The van der Waals surface area contributed by atoms with Gasteiger partial charge in [0, 0.05) is 0 Å². The van der Waals surface area contributed by atoms with Gasteiger partial charge >= 0.3 is 6.09 Å². The van der Waals surface area contributed by atoms with E-state index in [1.54, 1.807) is 20.8 Å². The van der Waals surface area contributed by atoms with Crippen LogP contribution in [0.3, 0.4) is 0 Å². The van der Waals surface area contributed by atoms with Crippen LogP contribution < -0.4 is 0 Å². The Bertz CT molecular complexity index is 239. The Balaban J connectivity index is 2.93. The number of amides is 1. The lowest BCUT2D eigenvalue weighted by Crippen LogP contribution is -2.46. The van der Waals surface area contributed by atoms with E-state index in [2.05, 4.69) is 0 Å². The molecule has 1 rings (SSSR count). The minimum atomic E-state index is -1.49. The Morgan fingerprint density at radius 1 is 1.50 bits per heavy atom. The average Bonchev–Trinajstić information content (AvgIpc) is 2.27. The van der Waals surface area contributed by atoms with E-state index in [1.165, 1.54) is 0 Å². The van der Waals surface area contributed by atoms with E-state index < -0.39 is 29.8 Å². The Morgan fingerprint density at radius 3 is 2.29 bits per heavy atom. The molecule has 1 aliphatic heterocycles. The van der Waals surface area contributed by atoms with Gasteiger partial charge in [0.2, 0.25) is 0 Å². The smallest absolute Gasteiger partial charge is 0.407 e. The van der Waals surface area contributed by atoms with Gasteiger partial charge in [-0.1, -0.05) is 20.8 Å². The summed E-state index contributed by atoms with van der Waals surface area (Å²) in [5.41, 5.74) is -0.505. The number of β-amino-alcohol motifs (C(OH)–C–C–N with tert-alkyl or cyclic N) is 1. The van der Waals surface area contributed by atoms with Gasteiger partial charge < -0.3 is 10.2 Å². The molecule has 2 N–H and O–H groups in total. The summed E-state index contributed by atoms with van der Waals surface area (Å²) in [6, 6.07) is -0.769. The molecule has 1 unspecified atom stereocenters. The first-order chi connectivity index (χ1) is 6.25. The number of halogens is 1. The van der Waals surface area contributed by atoms with E-state index in [0.717, 1.165) is 4.90 Å². The second-order valence-corrected chi connectivity index (χ2v) is 4.76. The van der Waals surface area contributed by atoms with Crippen LogP contribution in [0, 0.1) is 5.41 Å². The van der Waals surface area contributed by atoms with Gasteiger partial charge in [0.1, 0.15) is 12.3 Å². The number of hydrogen-bond donors (Lipinski definition) is 2. The number of aliphatic hydroxyl groups excluding tert-OH is 1. The molecule has 82 valence electrons. The van der Waals surface area contributed by atoms with Crippen molar-refractivity contribution in [1.29, 1.82) is 0 Å². The van der Waals surface area contributed by atoms with Gasteiger partial charge in [0.05, 0.1) is 12.6 Å². The molecule has 1 fully saturated rings. The van der Waals surface area contributed by atoms with Crippen molar-refractivity contribution in [3.8, 4) is 0 Å². The highest BCUT2D eigenvalue weighted by atomic mass is 19.1. The highest BCUT2D eigenvalue weighted by Gasteiger charge is 2.49. The summed E-state index contributed by atoms with van der Waals surface area (Å²) in [5, 5.41) is 18.1. The molecule has 4 nitrogen and oxygen atoms in total. The van der Waals surface area contributed by atoms with Crippen molar-refractivity contribution in [2.45, 2.75) is 39.1 Å². The first kappa shape index (κ1) is 11.2. The standard InChI is InChI=1S/C9H16FNO3/c1-9(2,3)7-6(10)5(12)4-11(7)8(13)14/h5-7,12H,4H2,1-3H3,(H,13,14)/t5-,6-,7?/m1/s1. The lowest BCUT2D eigenvalue weighted by Gasteiger charge is -2.33. The quantitative estimate of drug-likeness (QED) is 0.622. The van der Waals surface area contributed by atoms with Gasteiger partial charge in [-0.15, -0.1) is 0 Å². The van der Waals surface area contributed by atoms with Crippen LogP contribution in [0.2, 0.25) is 0 Å². The highest BCUT2D eigenvalue weighted by Crippen LogP contribution is 2.34. The van der Waals surface area contributed by atoms with Gasteiger partial charge in [0.25, 0.3) is 0 Å². The monoisotopic (exact) mass is 205 g/mol. The lowest BCUT2D eigenvalue weighted by atomic mass is 9.84. The molecule has 14 heavy (non-hydrogen) atoms. The van der Waals surface area contributed by atoms with Crippen LogP contribution in [0.4, 0.5) is 9.18 Å². The Morgan fingerprint density at radius 2 is 2.00 bits per heavy atom. The molecule has 1 saturated heterocycles. The molecule has 0 saturated carbocycles. The largest absolute Gasteiger partial charge is 0.465 e. The second kappa shape index (κ2) is 3.38. The van der Waals surface area contributed by atoms with Gasteiger partial charge in [0.15, 0.2) is 0 Å². The fourth-order valence-electron chi connectivity index (χ4n) is 1.94. The van der Waals surface area contributed by atoms with Crippen LogP contribution in [0.25, 0.3) is 0 Å². The molecule has 0 bridgehead atoms. The third kappa shape index (κ3) is 1.82. The number of likely N-dealkylation sites (tertiary alicyclic amines) is 1. The minimum Gasteiger partial charge on any atom is -0.465 e. The molecule has 1 aliphatic rings. The molecule has 1 amide bonds. The zero-order valence-electron chi connectivity index (χ0n) is 8.57. The number of aliphatic hydroxyl groups is 1. The number of nitrogens with zero attached hydrogens (tertiary/aromatic N) is 1. The molecular formula is C9H16FNO3.